The van der Waals surface area contributed by atoms with E-state index in [0.717, 1.165) is 6.20 Å². The average molecular weight is 217 g/mol. The molecule has 0 spiro atoms. The highest BCUT2D eigenvalue weighted by Gasteiger charge is 2.16. The summed E-state index contributed by atoms with van der Waals surface area (Å²) in [6.45, 7) is -1.22. The van der Waals surface area contributed by atoms with Crippen LogP contribution in [-0.4, -0.2) is 24.2 Å². The van der Waals surface area contributed by atoms with Crippen molar-refractivity contribution < 1.29 is 23.0 Å². The molecule has 0 bridgehead atoms. The summed E-state index contributed by atoms with van der Waals surface area (Å²) < 4.78 is 32.7. The summed E-state index contributed by atoms with van der Waals surface area (Å²) >= 11 is 0. The van der Waals surface area contributed by atoms with Crippen LogP contribution in [0.2, 0.25) is 0 Å². The highest BCUT2D eigenvalue weighted by atomic mass is 19.3. The van der Waals surface area contributed by atoms with E-state index in [2.05, 4.69) is 14.5 Å². The molecule has 0 saturated carbocycles. The predicted molar refractivity (Wildman–Crippen MR) is 46.8 cm³/mol. The quantitative estimate of drug-likeness (QED) is 0.722. The Kier molecular flexibility index (Phi) is 3.96. The minimum atomic E-state index is -3.00. The van der Waals surface area contributed by atoms with Crippen LogP contribution in [0.15, 0.2) is 18.5 Å². The molecule has 0 amide bonds. The van der Waals surface area contributed by atoms with Gasteiger partial charge in [0.25, 0.3) is 0 Å². The lowest BCUT2D eigenvalue weighted by molar-refractivity contribution is -0.0506. The van der Waals surface area contributed by atoms with Gasteiger partial charge in [0.15, 0.2) is 5.75 Å². The summed E-state index contributed by atoms with van der Waals surface area (Å²) in [7, 11) is 0. The molecule has 0 aliphatic rings. The Morgan fingerprint density at radius 3 is 2.93 bits per heavy atom. The summed E-state index contributed by atoms with van der Waals surface area (Å²) in [6.07, 6.45) is 2.34. The number of halogens is 2. The van der Waals surface area contributed by atoms with E-state index >= 15 is 0 Å². The van der Waals surface area contributed by atoms with Crippen molar-refractivity contribution in [3.63, 3.8) is 0 Å². The monoisotopic (exact) mass is 217 g/mol. The Hall–Kier alpha value is -1.72. The second-order valence-corrected chi connectivity index (χ2v) is 2.47. The molecule has 0 fully saturated rings. The number of hydrogen-bond donors (Lipinski definition) is 0. The molecule has 0 aliphatic heterocycles. The van der Waals surface area contributed by atoms with Crippen LogP contribution < -0.4 is 4.74 Å². The maximum atomic E-state index is 11.9. The molecule has 0 N–H and O–H groups in total. The molecule has 1 aromatic heterocycles. The van der Waals surface area contributed by atoms with Gasteiger partial charge in [-0.05, 0) is 13.0 Å². The van der Waals surface area contributed by atoms with Crippen LogP contribution in [0.25, 0.3) is 0 Å². The summed E-state index contributed by atoms with van der Waals surface area (Å²) in [5, 5.41) is 0. The van der Waals surface area contributed by atoms with Crippen molar-refractivity contribution >= 4 is 5.97 Å². The first-order valence-electron chi connectivity index (χ1n) is 4.21. The first-order valence-corrected chi connectivity index (χ1v) is 4.21. The van der Waals surface area contributed by atoms with E-state index in [1.165, 1.54) is 12.3 Å². The number of ether oxygens (including phenoxy) is 2. The fourth-order valence-corrected chi connectivity index (χ4v) is 0.947. The highest BCUT2D eigenvalue weighted by Crippen LogP contribution is 2.19. The van der Waals surface area contributed by atoms with Gasteiger partial charge < -0.3 is 9.47 Å². The highest BCUT2D eigenvalue weighted by molar-refractivity contribution is 5.92. The molecule has 82 valence electrons. The third-order valence-electron chi connectivity index (χ3n) is 1.50. The number of rotatable bonds is 4. The molecular formula is C9H9F2NO3. The van der Waals surface area contributed by atoms with Gasteiger partial charge in [0, 0.05) is 6.20 Å². The van der Waals surface area contributed by atoms with Gasteiger partial charge in [0.1, 0.15) is 5.56 Å². The van der Waals surface area contributed by atoms with E-state index in [1.54, 1.807) is 6.92 Å². The Morgan fingerprint density at radius 1 is 1.60 bits per heavy atom. The number of hydrogen-bond acceptors (Lipinski definition) is 4. The largest absolute Gasteiger partial charge is 0.462 e. The van der Waals surface area contributed by atoms with Crippen LogP contribution in [0.4, 0.5) is 8.78 Å². The van der Waals surface area contributed by atoms with Crippen molar-refractivity contribution in [2.24, 2.45) is 0 Å². The number of carbonyl (C=O) groups is 1. The predicted octanol–water partition coefficient (Wildman–Crippen LogP) is 1.86. The Balaban J connectivity index is 2.90. The van der Waals surface area contributed by atoms with Gasteiger partial charge in [-0.1, -0.05) is 0 Å². The standard InChI is InChI=1S/C9H9F2NO3/c1-2-14-8(13)6-3-4-12-5-7(6)15-9(10)11/h3-5,9H,2H2,1H3. The van der Waals surface area contributed by atoms with Crippen LogP contribution in [0.1, 0.15) is 17.3 Å². The zero-order valence-electron chi connectivity index (χ0n) is 7.94. The lowest BCUT2D eigenvalue weighted by Gasteiger charge is -2.08. The normalized spacial score (nSPS) is 10.1. The van der Waals surface area contributed by atoms with Crippen molar-refractivity contribution in [3.8, 4) is 5.75 Å². The summed E-state index contributed by atoms with van der Waals surface area (Å²) in [5.74, 6) is -0.999. The van der Waals surface area contributed by atoms with E-state index in [0.29, 0.717) is 0 Å². The lowest BCUT2D eigenvalue weighted by Crippen LogP contribution is -2.10. The molecular weight excluding hydrogens is 208 g/mol. The van der Waals surface area contributed by atoms with Crippen LogP contribution in [0, 0.1) is 0 Å². The maximum absolute atomic E-state index is 11.9. The van der Waals surface area contributed by atoms with Gasteiger partial charge in [-0.3, -0.25) is 4.98 Å². The third-order valence-corrected chi connectivity index (χ3v) is 1.50. The summed E-state index contributed by atoms with van der Waals surface area (Å²) in [6, 6.07) is 1.26. The number of nitrogens with zero attached hydrogens (tertiary/aromatic N) is 1. The zero-order valence-corrected chi connectivity index (χ0v) is 7.94. The molecule has 0 saturated heterocycles. The molecule has 6 heteroatoms. The summed E-state index contributed by atoms with van der Waals surface area (Å²) in [4.78, 5) is 14.8. The molecule has 15 heavy (non-hydrogen) atoms. The molecule has 0 atom stereocenters. The van der Waals surface area contributed by atoms with Crippen molar-refractivity contribution in [1.29, 1.82) is 0 Å². The zero-order chi connectivity index (χ0) is 11.3. The van der Waals surface area contributed by atoms with Crippen LogP contribution in [0.5, 0.6) is 5.75 Å². The number of esters is 1. The van der Waals surface area contributed by atoms with Crippen LogP contribution >= 0.6 is 0 Å². The van der Waals surface area contributed by atoms with E-state index in [-0.39, 0.29) is 17.9 Å². The van der Waals surface area contributed by atoms with E-state index in [9.17, 15) is 13.6 Å². The van der Waals surface area contributed by atoms with Gasteiger partial charge in [-0.2, -0.15) is 8.78 Å². The summed E-state index contributed by atoms with van der Waals surface area (Å²) in [5.41, 5.74) is -0.0628. The smallest absolute Gasteiger partial charge is 0.387 e. The number of aromatic nitrogens is 1. The van der Waals surface area contributed by atoms with Crippen molar-refractivity contribution in [1.82, 2.24) is 4.98 Å². The minimum absolute atomic E-state index is 0.0628. The Labute approximate surface area is 84.8 Å². The van der Waals surface area contributed by atoms with Gasteiger partial charge >= 0.3 is 12.6 Å². The second kappa shape index (κ2) is 5.23. The molecule has 1 aromatic rings. The van der Waals surface area contributed by atoms with Crippen LogP contribution in [-0.2, 0) is 4.74 Å². The number of alkyl halides is 2. The van der Waals surface area contributed by atoms with Crippen molar-refractivity contribution in [2.75, 3.05) is 6.61 Å². The van der Waals surface area contributed by atoms with Gasteiger partial charge in [-0.25, -0.2) is 4.79 Å². The van der Waals surface area contributed by atoms with Gasteiger partial charge in [0.05, 0.1) is 12.8 Å². The first kappa shape index (κ1) is 11.4. The molecule has 1 heterocycles. The SMILES string of the molecule is CCOC(=O)c1ccncc1OC(F)F. The molecule has 0 unspecified atom stereocenters. The van der Waals surface area contributed by atoms with Crippen LogP contribution in [0.3, 0.4) is 0 Å². The third kappa shape index (κ3) is 3.16. The number of pyridine rings is 1. The molecule has 0 aromatic carbocycles. The Bertz CT molecular complexity index is 344. The average Bonchev–Trinajstić information content (AvgIpc) is 2.18. The minimum Gasteiger partial charge on any atom is -0.462 e. The molecule has 4 nitrogen and oxygen atoms in total. The van der Waals surface area contributed by atoms with E-state index < -0.39 is 12.6 Å². The van der Waals surface area contributed by atoms with Crippen molar-refractivity contribution in [3.05, 3.63) is 24.0 Å². The molecule has 0 radical (unpaired) electrons. The first-order chi connectivity index (χ1) is 7.15. The lowest BCUT2D eigenvalue weighted by atomic mass is 10.2. The maximum Gasteiger partial charge on any atom is 0.387 e. The Morgan fingerprint density at radius 2 is 2.33 bits per heavy atom. The molecule has 1 rings (SSSR count). The topological polar surface area (TPSA) is 48.4 Å². The fraction of sp³-hybridized carbons (Fsp3) is 0.333. The van der Waals surface area contributed by atoms with Gasteiger partial charge in [-0.15, -0.1) is 0 Å². The molecule has 0 aliphatic carbocycles. The second-order valence-electron chi connectivity index (χ2n) is 2.47. The van der Waals surface area contributed by atoms with Gasteiger partial charge in [0.2, 0.25) is 0 Å². The fourth-order valence-electron chi connectivity index (χ4n) is 0.947. The van der Waals surface area contributed by atoms with E-state index in [4.69, 9.17) is 0 Å². The van der Waals surface area contributed by atoms with E-state index in [1.807, 2.05) is 0 Å². The number of carbonyl (C=O) groups excluding carboxylic acids is 1. The van der Waals surface area contributed by atoms with Crippen molar-refractivity contribution in [2.45, 2.75) is 13.5 Å².